The number of hydrogen-bond acceptors (Lipinski definition) is 3. The van der Waals surface area contributed by atoms with Gasteiger partial charge in [-0.25, -0.2) is 5.43 Å². The maximum atomic E-state index is 12.6. The van der Waals surface area contributed by atoms with Crippen molar-refractivity contribution in [3.05, 3.63) is 115 Å². The third-order valence-electron chi connectivity index (χ3n) is 4.38. The molecule has 3 aromatic carbocycles. The van der Waals surface area contributed by atoms with Gasteiger partial charge in [-0.05, 0) is 54.1 Å². The van der Waals surface area contributed by atoms with Crippen LogP contribution >= 0.6 is 0 Å². The van der Waals surface area contributed by atoms with Crippen molar-refractivity contribution >= 4 is 23.5 Å². The molecule has 0 saturated carbocycles. The molecular formula is C24H20N4O. The van der Waals surface area contributed by atoms with Crippen molar-refractivity contribution in [2.24, 2.45) is 5.10 Å². The summed E-state index contributed by atoms with van der Waals surface area (Å²) in [7, 11) is 0. The fourth-order valence-corrected chi connectivity index (χ4v) is 2.95. The summed E-state index contributed by atoms with van der Waals surface area (Å²) in [5.41, 5.74) is 6.88. The molecule has 0 aliphatic heterocycles. The van der Waals surface area contributed by atoms with Gasteiger partial charge in [0.1, 0.15) is 0 Å². The van der Waals surface area contributed by atoms with Crippen LogP contribution < -0.4 is 10.7 Å². The molecule has 29 heavy (non-hydrogen) atoms. The van der Waals surface area contributed by atoms with Crippen LogP contribution in [0.4, 0.5) is 11.4 Å². The number of nitrogens with zero attached hydrogens (tertiary/aromatic N) is 2. The van der Waals surface area contributed by atoms with Crippen molar-refractivity contribution in [2.75, 3.05) is 5.32 Å². The van der Waals surface area contributed by atoms with Gasteiger partial charge in [0.25, 0.3) is 5.91 Å². The van der Waals surface area contributed by atoms with E-state index >= 15 is 0 Å². The summed E-state index contributed by atoms with van der Waals surface area (Å²) in [4.78, 5) is 12.6. The Kier molecular flexibility index (Phi) is 5.48. The number of nitrogens with one attached hydrogen (secondary N) is 2. The van der Waals surface area contributed by atoms with E-state index in [0.717, 1.165) is 22.6 Å². The van der Waals surface area contributed by atoms with Gasteiger partial charge in [-0.1, -0.05) is 42.5 Å². The Morgan fingerprint density at radius 3 is 2.17 bits per heavy atom. The van der Waals surface area contributed by atoms with Crippen LogP contribution in [0.5, 0.6) is 0 Å². The standard InChI is InChI=1S/C24H20N4O/c29-24(22-10-4-5-11-23(22)28-16-6-7-17-28)27-25-18-19-12-14-21(15-13-19)26-20-8-2-1-3-9-20/h1-18,26H,(H,27,29)/b25-18-. The highest BCUT2D eigenvalue weighted by Crippen LogP contribution is 2.16. The number of anilines is 2. The van der Waals surface area contributed by atoms with E-state index in [1.54, 1.807) is 12.3 Å². The largest absolute Gasteiger partial charge is 0.356 e. The Labute approximate surface area is 169 Å². The number of carbonyl (C=O) groups is 1. The number of hydrazone groups is 1. The van der Waals surface area contributed by atoms with Crippen LogP contribution in [0.2, 0.25) is 0 Å². The molecular weight excluding hydrogens is 360 g/mol. The van der Waals surface area contributed by atoms with Gasteiger partial charge in [0, 0.05) is 23.8 Å². The third-order valence-corrected chi connectivity index (χ3v) is 4.38. The molecule has 1 aromatic heterocycles. The third kappa shape index (κ3) is 4.59. The number of aromatic nitrogens is 1. The zero-order chi connectivity index (χ0) is 19.9. The zero-order valence-corrected chi connectivity index (χ0v) is 15.7. The van der Waals surface area contributed by atoms with Crippen LogP contribution in [0, 0.1) is 0 Å². The Morgan fingerprint density at radius 1 is 0.759 bits per heavy atom. The van der Waals surface area contributed by atoms with E-state index in [4.69, 9.17) is 0 Å². The van der Waals surface area contributed by atoms with Gasteiger partial charge < -0.3 is 9.88 Å². The van der Waals surface area contributed by atoms with E-state index in [0.29, 0.717) is 5.56 Å². The monoisotopic (exact) mass is 380 g/mol. The number of benzene rings is 3. The first kappa shape index (κ1) is 18.3. The highest BCUT2D eigenvalue weighted by atomic mass is 16.2. The first-order valence-corrected chi connectivity index (χ1v) is 9.27. The summed E-state index contributed by atoms with van der Waals surface area (Å²) < 4.78 is 1.90. The lowest BCUT2D eigenvalue weighted by Crippen LogP contribution is -2.19. The molecule has 0 fully saturated rings. The molecule has 0 aliphatic carbocycles. The quantitative estimate of drug-likeness (QED) is 0.366. The summed E-state index contributed by atoms with van der Waals surface area (Å²) in [6, 6.07) is 29.1. The smallest absolute Gasteiger partial charge is 0.273 e. The number of amides is 1. The van der Waals surface area contributed by atoms with E-state index in [9.17, 15) is 4.79 Å². The maximum absolute atomic E-state index is 12.6. The molecule has 0 spiro atoms. The van der Waals surface area contributed by atoms with Crippen LogP contribution in [0.25, 0.3) is 5.69 Å². The van der Waals surface area contributed by atoms with Gasteiger partial charge in [-0.15, -0.1) is 0 Å². The highest BCUT2D eigenvalue weighted by molar-refractivity contribution is 5.98. The lowest BCUT2D eigenvalue weighted by Gasteiger charge is -2.09. The van der Waals surface area contributed by atoms with E-state index in [2.05, 4.69) is 15.8 Å². The molecule has 2 N–H and O–H groups in total. The lowest BCUT2D eigenvalue weighted by molar-refractivity contribution is 0.0955. The summed E-state index contributed by atoms with van der Waals surface area (Å²) in [5, 5.41) is 7.43. The number of carbonyl (C=O) groups excluding carboxylic acids is 1. The zero-order valence-electron chi connectivity index (χ0n) is 15.7. The molecule has 1 heterocycles. The first-order chi connectivity index (χ1) is 14.3. The van der Waals surface area contributed by atoms with Crippen LogP contribution in [0.15, 0.2) is 108 Å². The highest BCUT2D eigenvalue weighted by Gasteiger charge is 2.10. The minimum absolute atomic E-state index is 0.257. The summed E-state index contributed by atoms with van der Waals surface area (Å²) >= 11 is 0. The van der Waals surface area contributed by atoms with E-state index < -0.39 is 0 Å². The van der Waals surface area contributed by atoms with Crippen molar-refractivity contribution in [1.29, 1.82) is 0 Å². The normalized spacial score (nSPS) is 10.8. The number of para-hydroxylation sites is 2. The fraction of sp³-hybridized carbons (Fsp3) is 0. The molecule has 0 saturated heterocycles. The molecule has 142 valence electrons. The van der Waals surface area contributed by atoms with Crippen molar-refractivity contribution in [1.82, 2.24) is 9.99 Å². The van der Waals surface area contributed by atoms with Crippen molar-refractivity contribution in [3.8, 4) is 5.69 Å². The van der Waals surface area contributed by atoms with Crippen LogP contribution in [-0.2, 0) is 0 Å². The molecule has 0 atom stereocenters. The van der Waals surface area contributed by atoms with Gasteiger partial charge in [0.05, 0.1) is 17.5 Å². The summed E-state index contributed by atoms with van der Waals surface area (Å²) in [6.45, 7) is 0. The van der Waals surface area contributed by atoms with Crippen molar-refractivity contribution in [2.45, 2.75) is 0 Å². The average molecular weight is 380 g/mol. The molecule has 0 aliphatic rings. The van der Waals surface area contributed by atoms with Crippen LogP contribution in [0.3, 0.4) is 0 Å². The molecule has 4 rings (SSSR count). The molecule has 5 heteroatoms. The summed E-state index contributed by atoms with van der Waals surface area (Å²) in [6.07, 6.45) is 5.43. The molecule has 0 unspecified atom stereocenters. The van der Waals surface area contributed by atoms with E-state index in [1.165, 1.54) is 0 Å². The minimum atomic E-state index is -0.257. The van der Waals surface area contributed by atoms with Gasteiger partial charge in [-0.3, -0.25) is 4.79 Å². The second-order valence-corrected chi connectivity index (χ2v) is 6.42. The van der Waals surface area contributed by atoms with E-state index in [1.807, 2.05) is 102 Å². The molecule has 0 bridgehead atoms. The van der Waals surface area contributed by atoms with E-state index in [-0.39, 0.29) is 5.91 Å². The Morgan fingerprint density at radius 2 is 1.41 bits per heavy atom. The van der Waals surface area contributed by atoms with Crippen molar-refractivity contribution < 1.29 is 4.79 Å². The topological polar surface area (TPSA) is 58.4 Å². The fourth-order valence-electron chi connectivity index (χ4n) is 2.95. The summed E-state index contributed by atoms with van der Waals surface area (Å²) in [5.74, 6) is -0.257. The van der Waals surface area contributed by atoms with Gasteiger partial charge in [0.15, 0.2) is 0 Å². The molecule has 5 nitrogen and oxygen atoms in total. The predicted molar refractivity (Wildman–Crippen MR) is 117 cm³/mol. The minimum Gasteiger partial charge on any atom is -0.356 e. The molecule has 4 aromatic rings. The predicted octanol–water partition coefficient (Wildman–Crippen LogP) is 4.98. The van der Waals surface area contributed by atoms with Gasteiger partial charge in [0.2, 0.25) is 0 Å². The van der Waals surface area contributed by atoms with Gasteiger partial charge in [-0.2, -0.15) is 5.10 Å². The number of hydrogen-bond donors (Lipinski definition) is 2. The molecule has 1 amide bonds. The lowest BCUT2D eigenvalue weighted by atomic mass is 10.1. The Bertz CT molecular complexity index is 1100. The number of rotatable bonds is 6. The maximum Gasteiger partial charge on any atom is 0.273 e. The van der Waals surface area contributed by atoms with Crippen molar-refractivity contribution in [3.63, 3.8) is 0 Å². The molecule has 0 radical (unpaired) electrons. The van der Waals surface area contributed by atoms with Crippen LogP contribution in [-0.4, -0.2) is 16.7 Å². The Hall–Kier alpha value is -4.12. The first-order valence-electron chi connectivity index (χ1n) is 9.27. The second-order valence-electron chi connectivity index (χ2n) is 6.42. The second kappa shape index (κ2) is 8.71. The van der Waals surface area contributed by atoms with Crippen LogP contribution in [0.1, 0.15) is 15.9 Å². The average Bonchev–Trinajstić information content (AvgIpc) is 3.30. The SMILES string of the molecule is O=C(N/N=C\c1ccc(Nc2ccccc2)cc1)c1ccccc1-n1cccc1. The van der Waals surface area contributed by atoms with Gasteiger partial charge >= 0.3 is 0 Å². The Balaban J connectivity index is 1.40.